The van der Waals surface area contributed by atoms with Crippen LogP contribution in [0.5, 0.6) is 0 Å². The van der Waals surface area contributed by atoms with Crippen molar-refractivity contribution in [2.24, 2.45) is 5.92 Å². The highest BCUT2D eigenvalue weighted by molar-refractivity contribution is 9.12. The summed E-state index contributed by atoms with van der Waals surface area (Å²) in [4.78, 5) is 13.8. The molecule has 0 spiro atoms. The molecule has 1 unspecified atom stereocenters. The second-order valence-corrected chi connectivity index (χ2v) is 7.17. The largest absolute Gasteiger partial charge is 0.444 e. The number of allylic oxidation sites excluding steroid dienone is 3. The van der Waals surface area contributed by atoms with Gasteiger partial charge in [-0.05, 0) is 60.3 Å². The SMILES string of the molecule is C=C1/C=C(Br)\C(Cl)=C/CN(C(=O)OC(C)(C)C)CC1C. The molecule has 1 amide bonds. The van der Waals surface area contributed by atoms with Crippen molar-refractivity contribution in [1.82, 2.24) is 4.90 Å². The van der Waals surface area contributed by atoms with Gasteiger partial charge in [-0.1, -0.05) is 25.1 Å². The highest BCUT2D eigenvalue weighted by Gasteiger charge is 2.24. The Morgan fingerprint density at radius 3 is 2.70 bits per heavy atom. The lowest BCUT2D eigenvalue weighted by molar-refractivity contribution is 0.0256. The van der Waals surface area contributed by atoms with Crippen LogP contribution in [0.2, 0.25) is 0 Å². The van der Waals surface area contributed by atoms with Crippen LogP contribution in [0.1, 0.15) is 27.7 Å². The average molecular weight is 363 g/mol. The van der Waals surface area contributed by atoms with Crippen LogP contribution in [-0.4, -0.2) is 29.7 Å². The number of hydrogen-bond acceptors (Lipinski definition) is 2. The third-order valence-corrected chi connectivity index (χ3v) is 4.05. The molecule has 1 aliphatic rings. The lowest BCUT2D eigenvalue weighted by atomic mass is 10.0. The Labute approximate surface area is 134 Å². The topological polar surface area (TPSA) is 29.5 Å². The Kier molecular flexibility index (Phi) is 5.90. The van der Waals surface area contributed by atoms with Crippen LogP contribution in [0.3, 0.4) is 0 Å². The second-order valence-electron chi connectivity index (χ2n) is 5.91. The van der Waals surface area contributed by atoms with Crippen molar-refractivity contribution in [1.29, 1.82) is 0 Å². The van der Waals surface area contributed by atoms with Gasteiger partial charge in [-0.25, -0.2) is 4.79 Å². The highest BCUT2D eigenvalue weighted by Crippen LogP contribution is 2.27. The van der Waals surface area contributed by atoms with Crippen LogP contribution in [0, 0.1) is 5.92 Å². The number of carbonyl (C=O) groups excluding carboxylic acids is 1. The average Bonchev–Trinajstić information content (AvgIpc) is 2.33. The maximum atomic E-state index is 12.2. The summed E-state index contributed by atoms with van der Waals surface area (Å²) in [5, 5.41) is 0.564. The summed E-state index contributed by atoms with van der Waals surface area (Å²) in [6.07, 6.45) is 3.34. The summed E-state index contributed by atoms with van der Waals surface area (Å²) in [5.41, 5.74) is 0.404. The van der Waals surface area contributed by atoms with E-state index in [2.05, 4.69) is 22.5 Å². The lowest BCUT2D eigenvalue weighted by Crippen LogP contribution is -2.39. The second kappa shape index (κ2) is 6.81. The number of amides is 1. The predicted octanol–water partition coefficient (Wildman–Crippen LogP) is 4.83. The van der Waals surface area contributed by atoms with Gasteiger partial charge in [0.1, 0.15) is 5.60 Å². The monoisotopic (exact) mass is 361 g/mol. The van der Waals surface area contributed by atoms with E-state index >= 15 is 0 Å². The van der Waals surface area contributed by atoms with Gasteiger partial charge >= 0.3 is 6.09 Å². The zero-order chi connectivity index (χ0) is 15.5. The van der Waals surface area contributed by atoms with E-state index in [1.54, 1.807) is 11.0 Å². The minimum Gasteiger partial charge on any atom is -0.444 e. The van der Waals surface area contributed by atoms with Gasteiger partial charge in [-0.3, -0.25) is 0 Å². The van der Waals surface area contributed by atoms with E-state index in [4.69, 9.17) is 16.3 Å². The van der Waals surface area contributed by atoms with Crippen LogP contribution < -0.4 is 0 Å². The number of hydrogen-bond donors (Lipinski definition) is 0. The molecule has 1 heterocycles. The van der Waals surface area contributed by atoms with Gasteiger partial charge in [0.2, 0.25) is 0 Å². The summed E-state index contributed by atoms with van der Waals surface area (Å²) in [6, 6.07) is 0. The van der Waals surface area contributed by atoms with Crippen LogP contribution in [-0.2, 0) is 4.74 Å². The predicted molar refractivity (Wildman–Crippen MR) is 87.1 cm³/mol. The Bertz CT molecular complexity index is 463. The van der Waals surface area contributed by atoms with Crippen molar-refractivity contribution in [3.05, 3.63) is 33.8 Å². The maximum absolute atomic E-state index is 12.2. The fraction of sp³-hybridized carbons (Fsp3) is 0.533. The van der Waals surface area contributed by atoms with E-state index in [1.165, 1.54) is 0 Å². The molecule has 1 aliphatic heterocycles. The first-order valence-electron chi connectivity index (χ1n) is 6.50. The van der Waals surface area contributed by atoms with E-state index in [1.807, 2.05) is 33.8 Å². The van der Waals surface area contributed by atoms with Crippen LogP contribution in [0.15, 0.2) is 33.8 Å². The summed E-state index contributed by atoms with van der Waals surface area (Å²) in [7, 11) is 0. The Hall–Kier alpha value is -0.740. The van der Waals surface area contributed by atoms with Crippen molar-refractivity contribution in [2.45, 2.75) is 33.3 Å². The molecule has 0 bridgehead atoms. The molecule has 0 saturated heterocycles. The van der Waals surface area contributed by atoms with Crippen molar-refractivity contribution in [3.63, 3.8) is 0 Å². The number of ether oxygens (including phenoxy) is 1. The molecular formula is C15H21BrClNO2. The molecule has 0 saturated carbocycles. The zero-order valence-electron chi connectivity index (χ0n) is 12.4. The first kappa shape index (κ1) is 17.3. The highest BCUT2D eigenvalue weighted by atomic mass is 79.9. The Morgan fingerprint density at radius 1 is 1.55 bits per heavy atom. The smallest absolute Gasteiger partial charge is 0.410 e. The molecule has 0 aromatic heterocycles. The molecule has 1 atom stereocenters. The van der Waals surface area contributed by atoms with Gasteiger partial charge < -0.3 is 9.64 Å². The third-order valence-electron chi connectivity index (χ3n) is 2.81. The van der Waals surface area contributed by atoms with Crippen LogP contribution in [0.25, 0.3) is 0 Å². The van der Waals surface area contributed by atoms with Gasteiger partial charge in [0.15, 0.2) is 0 Å². The van der Waals surface area contributed by atoms with Gasteiger partial charge in [-0.2, -0.15) is 0 Å². The van der Waals surface area contributed by atoms with Crippen molar-refractivity contribution < 1.29 is 9.53 Å². The van der Waals surface area contributed by atoms with E-state index in [9.17, 15) is 4.79 Å². The minimum absolute atomic E-state index is 0.131. The fourth-order valence-corrected chi connectivity index (χ4v) is 2.24. The Morgan fingerprint density at radius 2 is 2.15 bits per heavy atom. The van der Waals surface area contributed by atoms with Crippen LogP contribution >= 0.6 is 27.5 Å². The summed E-state index contributed by atoms with van der Waals surface area (Å²) in [6.45, 7) is 12.6. The molecule has 0 aromatic carbocycles. The van der Waals surface area contributed by atoms with Gasteiger partial charge in [-0.15, -0.1) is 0 Å². The van der Waals surface area contributed by atoms with Crippen molar-refractivity contribution in [2.75, 3.05) is 13.1 Å². The van der Waals surface area contributed by atoms with Gasteiger partial charge in [0.05, 0.1) is 5.03 Å². The van der Waals surface area contributed by atoms with Crippen molar-refractivity contribution in [3.8, 4) is 0 Å². The third kappa shape index (κ3) is 5.33. The zero-order valence-corrected chi connectivity index (χ0v) is 14.7. The normalized spacial score (nSPS) is 26.6. The summed E-state index contributed by atoms with van der Waals surface area (Å²) >= 11 is 9.57. The Balaban J connectivity index is 2.94. The maximum Gasteiger partial charge on any atom is 0.410 e. The molecule has 0 aliphatic carbocycles. The van der Waals surface area contributed by atoms with Crippen LogP contribution in [0.4, 0.5) is 4.79 Å². The van der Waals surface area contributed by atoms with Gasteiger partial charge in [0.25, 0.3) is 0 Å². The summed E-state index contributed by atoms with van der Waals surface area (Å²) in [5.74, 6) is 0.131. The number of halogens is 2. The molecule has 20 heavy (non-hydrogen) atoms. The number of carbonyl (C=O) groups is 1. The molecule has 0 N–H and O–H groups in total. The lowest BCUT2D eigenvalue weighted by Gasteiger charge is -2.28. The van der Waals surface area contributed by atoms with E-state index in [-0.39, 0.29) is 12.0 Å². The molecular weight excluding hydrogens is 342 g/mol. The molecule has 3 nitrogen and oxygen atoms in total. The molecule has 0 fully saturated rings. The molecule has 112 valence electrons. The van der Waals surface area contributed by atoms with E-state index < -0.39 is 5.60 Å². The molecule has 0 radical (unpaired) electrons. The minimum atomic E-state index is -0.512. The summed E-state index contributed by atoms with van der Waals surface area (Å²) < 4.78 is 6.20. The van der Waals surface area contributed by atoms with Gasteiger partial charge in [0, 0.05) is 17.6 Å². The number of nitrogens with zero attached hydrogens (tertiary/aromatic N) is 1. The molecule has 1 rings (SSSR count). The van der Waals surface area contributed by atoms with E-state index in [0.29, 0.717) is 18.1 Å². The first-order valence-corrected chi connectivity index (χ1v) is 7.67. The van der Waals surface area contributed by atoms with E-state index in [0.717, 1.165) is 10.1 Å². The first-order chi connectivity index (χ1) is 9.10. The number of rotatable bonds is 0. The van der Waals surface area contributed by atoms with Crippen molar-refractivity contribution >= 4 is 33.6 Å². The molecule has 0 aromatic rings. The molecule has 5 heteroatoms. The quantitative estimate of drug-likeness (QED) is 0.617. The fourth-order valence-electron chi connectivity index (χ4n) is 1.66. The standard InChI is InChI=1S/C15H21BrClNO2/c1-10-8-12(16)13(17)6-7-18(9-11(10)2)14(19)20-15(3,4)5/h6,8,11H,1,7,9H2,2-5H3/b12-8+,13-6+.